The van der Waals surface area contributed by atoms with Crippen molar-refractivity contribution in [1.82, 2.24) is 4.31 Å². The van der Waals surface area contributed by atoms with Crippen molar-refractivity contribution in [3.05, 3.63) is 48.5 Å². The van der Waals surface area contributed by atoms with Gasteiger partial charge in [-0.1, -0.05) is 19.9 Å². The number of nitrogens with one attached hydrogen (secondary N) is 1. The third kappa shape index (κ3) is 6.44. The van der Waals surface area contributed by atoms with Gasteiger partial charge < -0.3 is 10.1 Å². The summed E-state index contributed by atoms with van der Waals surface area (Å²) in [5.41, 5.74) is 0.652. The molecule has 32 heavy (non-hydrogen) atoms. The molecule has 1 amide bonds. The number of carbonyl (C=O) groups excluding carboxylic acids is 1. The molecule has 0 aliphatic rings. The lowest BCUT2D eigenvalue weighted by Gasteiger charge is -2.22. The SMILES string of the molecule is CCOc1cccc(N(CC(=O)Nc2ccc(S(=O)(=O)N(CC)CC)cc2)S(C)(=O)=O)c1. The Kier molecular flexibility index (Phi) is 8.65. The van der Waals surface area contributed by atoms with Crippen LogP contribution in [0.2, 0.25) is 0 Å². The van der Waals surface area contributed by atoms with Gasteiger partial charge in [-0.15, -0.1) is 0 Å². The average Bonchev–Trinajstić information content (AvgIpc) is 2.73. The number of nitrogens with zero attached hydrogens (tertiary/aromatic N) is 2. The van der Waals surface area contributed by atoms with Crippen molar-refractivity contribution in [2.75, 3.05) is 42.1 Å². The highest BCUT2D eigenvalue weighted by Gasteiger charge is 2.23. The topological polar surface area (TPSA) is 113 Å². The standard InChI is InChI=1S/C21H29N3O6S2/c1-5-23(6-2)32(28,29)20-13-11-17(12-14-20)22-21(25)16-24(31(4,26)27)18-9-8-10-19(15-18)30-7-3/h8-15H,5-7,16H2,1-4H3,(H,22,25). The van der Waals surface area contributed by atoms with E-state index >= 15 is 0 Å². The molecule has 0 saturated carbocycles. The lowest BCUT2D eigenvalue weighted by atomic mass is 10.3. The van der Waals surface area contributed by atoms with Gasteiger partial charge in [-0.2, -0.15) is 4.31 Å². The van der Waals surface area contributed by atoms with E-state index in [0.717, 1.165) is 10.6 Å². The van der Waals surface area contributed by atoms with Crippen molar-refractivity contribution in [3.63, 3.8) is 0 Å². The summed E-state index contributed by atoms with van der Waals surface area (Å²) < 4.78 is 57.5. The van der Waals surface area contributed by atoms with Crippen LogP contribution in [-0.4, -0.2) is 59.5 Å². The summed E-state index contributed by atoms with van der Waals surface area (Å²) in [5.74, 6) is -0.0827. The van der Waals surface area contributed by atoms with Crippen LogP contribution in [0.3, 0.4) is 0 Å². The molecular formula is C21H29N3O6S2. The molecule has 0 aliphatic carbocycles. The highest BCUT2D eigenvalue weighted by Crippen LogP contribution is 2.24. The normalized spacial score (nSPS) is 11.9. The number of hydrogen-bond acceptors (Lipinski definition) is 6. The van der Waals surface area contributed by atoms with Gasteiger partial charge in [0.1, 0.15) is 12.3 Å². The lowest BCUT2D eigenvalue weighted by Crippen LogP contribution is -2.37. The smallest absolute Gasteiger partial charge is 0.245 e. The van der Waals surface area contributed by atoms with E-state index in [0.29, 0.717) is 36.8 Å². The number of rotatable bonds is 11. The molecule has 2 aromatic carbocycles. The summed E-state index contributed by atoms with van der Waals surface area (Å²) in [5, 5.41) is 2.61. The highest BCUT2D eigenvalue weighted by atomic mass is 32.2. The van der Waals surface area contributed by atoms with Crippen LogP contribution < -0.4 is 14.4 Å². The van der Waals surface area contributed by atoms with Crippen LogP contribution >= 0.6 is 0 Å². The summed E-state index contributed by atoms with van der Waals surface area (Å²) in [6.45, 7) is 6.00. The predicted octanol–water partition coefficient (Wildman–Crippen LogP) is 2.52. The van der Waals surface area contributed by atoms with Crippen LogP contribution in [0.5, 0.6) is 5.75 Å². The summed E-state index contributed by atoms with van der Waals surface area (Å²) >= 11 is 0. The molecule has 0 saturated heterocycles. The second kappa shape index (κ2) is 10.8. The van der Waals surface area contributed by atoms with Crippen LogP contribution in [0.15, 0.2) is 53.4 Å². The van der Waals surface area contributed by atoms with Gasteiger partial charge in [0.25, 0.3) is 0 Å². The molecule has 0 unspecified atom stereocenters. The highest BCUT2D eigenvalue weighted by molar-refractivity contribution is 7.92. The van der Waals surface area contributed by atoms with Crippen LogP contribution in [0.25, 0.3) is 0 Å². The van der Waals surface area contributed by atoms with E-state index in [9.17, 15) is 21.6 Å². The van der Waals surface area contributed by atoms with Crippen LogP contribution in [-0.2, 0) is 24.8 Å². The van der Waals surface area contributed by atoms with Gasteiger partial charge in [0.05, 0.1) is 23.4 Å². The second-order valence-electron chi connectivity index (χ2n) is 6.86. The number of anilines is 2. The van der Waals surface area contributed by atoms with E-state index in [1.165, 1.54) is 28.6 Å². The Morgan fingerprint density at radius 1 is 0.969 bits per heavy atom. The van der Waals surface area contributed by atoms with Crippen molar-refractivity contribution < 1.29 is 26.4 Å². The van der Waals surface area contributed by atoms with Crippen molar-refractivity contribution in [2.45, 2.75) is 25.7 Å². The molecule has 176 valence electrons. The van der Waals surface area contributed by atoms with E-state index in [1.54, 1.807) is 38.1 Å². The summed E-state index contributed by atoms with van der Waals surface area (Å²) in [6.07, 6.45) is 1.01. The molecule has 0 spiro atoms. The third-order valence-corrected chi connectivity index (χ3v) is 7.79. The van der Waals surface area contributed by atoms with Gasteiger partial charge in [0.2, 0.25) is 26.0 Å². The Morgan fingerprint density at radius 2 is 1.59 bits per heavy atom. The zero-order chi connectivity index (χ0) is 23.9. The molecule has 1 N–H and O–H groups in total. The zero-order valence-electron chi connectivity index (χ0n) is 18.6. The molecule has 2 aromatic rings. The minimum absolute atomic E-state index is 0.115. The molecule has 0 atom stereocenters. The van der Waals surface area contributed by atoms with Crippen LogP contribution in [0.1, 0.15) is 20.8 Å². The lowest BCUT2D eigenvalue weighted by molar-refractivity contribution is -0.114. The fraction of sp³-hybridized carbons (Fsp3) is 0.381. The van der Waals surface area contributed by atoms with Gasteiger partial charge in [-0.3, -0.25) is 9.10 Å². The minimum Gasteiger partial charge on any atom is -0.494 e. The van der Waals surface area contributed by atoms with Gasteiger partial charge in [0.15, 0.2) is 0 Å². The number of sulfonamides is 2. The molecule has 11 heteroatoms. The Labute approximate surface area is 190 Å². The maximum Gasteiger partial charge on any atom is 0.245 e. The number of carbonyl (C=O) groups is 1. The average molecular weight is 484 g/mol. The summed E-state index contributed by atoms with van der Waals surface area (Å²) in [6, 6.07) is 12.2. The fourth-order valence-corrected chi connectivity index (χ4v) is 5.36. The molecule has 0 heterocycles. The monoisotopic (exact) mass is 483 g/mol. The van der Waals surface area contributed by atoms with E-state index in [4.69, 9.17) is 4.74 Å². The number of amides is 1. The first-order valence-corrected chi connectivity index (χ1v) is 13.4. The number of hydrogen-bond donors (Lipinski definition) is 1. The van der Waals surface area contributed by atoms with Crippen LogP contribution in [0.4, 0.5) is 11.4 Å². The maximum absolute atomic E-state index is 12.6. The molecule has 0 bridgehead atoms. The van der Waals surface area contributed by atoms with E-state index in [2.05, 4.69) is 5.32 Å². The third-order valence-electron chi connectivity index (χ3n) is 4.59. The first-order chi connectivity index (χ1) is 15.0. The largest absolute Gasteiger partial charge is 0.494 e. The molecule has 0 aromatic heterocycles. The molecule has 0 radical (unpaired) electrons. The Morgan fingerprint density at radius 3 is 2.12 bits per heavy atom. The molecule has 0 fully saturated rings. The summed E-state index contributed by atoms with van der Waals surface area (Å²) in [7, 11) is -7.35. The van der Waals surface area contributed by atoms with Crippen LogP contribution in [0, 0.1) is 0 Å². The Hall–Kier alpha value is -2.63. The Balaban J connectivity index is 2.18. The minimum atomic E-state index is -3.75. The van der Waals surface area contributed by atoms with Gasteiger partial charge in [-0.25, -0.2) is 16.8 Å². The van der Waals surface area contributed by atoms with Crippen molar-refractivity contribution in [1.29, 1.82) is 0 Å². The fourth-order valence-electron chi connectivity index (χ4n) is 3.05. The van der Waals surface area contributed by atoms with Gasteiger partial charge >= 0.3 is 0 Å². The predicted molar refractivity (Wildman–Crippen MR) is 125 cm³/mol. The molecule has 0 aliphatic heterocycles. The molecule has 2 rings (SSSR count). The van der Waals surface area contributed by atoms with E-state index < -0.39 is 32.5 Å². The first kappa shape index (κ1) is 25.6. The van der Waals surface area contributed by atoms with E-state index in [1.807, 2.05) is 6.92 Å². The molecular weight excluding hydrogens is 454 g/mol. The van der Waals surface area contributed by atoms with Gasteiger partial charge in [-0.05, 0) is 43.3 Å². The van der Waals surface area contributed by atoms with Crippen molar-refractivity contribution in [2.24, 2.45) is 0 Å². The second-order valence-corrected chi connectivity index (χ2v) is 10.7. The maximum atomic E-state index is 12.6. The quantitative estimate of drug-likeness (QED) is 0.525. The first-order valence-electron chi connectivity index (χ1n) is 10.1. The Bertz CT molecular complexity index is 1130. The summed E-state index contributed by atoms with van der Waals surface area (Å²) in [4.78, 5) is 12.7. The number of ether oxygens (including phenoxy) is 1. The number of benzene rings is 2. The zero-order valence-corrected chi connectivity index (χ0v) is 20.2. The van der Waals surface area contributed by atoms with Crippen molar-refractivity contribution >= 4 is 37.3 Å². The molecule has 9 nitrogen and oxygen atoms in total. The van der Waals surface area contributed by atoms with E-state index in [-0.39, 0.29) is 4.90 Å². The van der Waals surface area contributed by atoms with Crippen molar-refractivity contribution in [3.8, 4) is 5.75 Å². The van der Waals surface area contributed by atoms with Gasteiger partial charge in [0, 0.05) is 24.8 Å².